The van der Waals surface area contributed by atoms with E-state index in [1.807, 2.05) is 13.8 Å². The van der Waals surface area contributed by atoms with Crippen LogP contribution in [-0.2, 0) is 0 Å². The van der Waals surface area contributed by atoms with E-state index in [2.05, 4.69) is 11.6 Å². The van der Waals surface area contributed by atoms with E-state index in [4.69, 9.17) is 5.11 Å². The molecule has 0 aromatic carbocycles. The number of nitrogens with zero attached hydrogens (tertiary/aromatic N) is 1. The SMILES string of the molecule is C=CC(C)Sc1nc(C)cc(C)c1C(=O)O. The Morgan fingerprint density at radius 3 is 2.75 bits per heavy atom. The first kappa shape index (κ1) is 12.8. The zero-order valence-corrected chi connectivity index (χ0v) is 10.5. The Labute approximate surface area is 99.6 Å². The maximum atomic E-state index is 11.1. The highest BCUT2D eigenvalue weighted by Gasteiger charge is 2.17. The predicted octanol–water partition coefficient (Wildman–Crippen LogP) is 3.06. The summed E-state index contributed by atoms with van der Waals surface area (Å²) in [6, 6.07) is 1.78. The van der Waals surface area contributed by atoms with E-state index in [0.29, 0.717) is 10.6 Å². The predicted molar refractivity (Wildman–Crippen MR) is 66.2 cm³/mol. The average Bonchev–Trinajstić information content (AvgIpc) is 2.15. The summed E-state index contributed by atoms with van der Waals surface area (Å²) < 4.78 is 0. The van der Waals surface area contributed by atoms with Crippen LogP contribution in [0.15, 0.2) is 23.7 Å². The van der Waals surface area contributed by atoms with Crippen LogP contribution in [0.25, 0.3) is 0 Å². The standard InChI is InChI=1S/C12H15NO2S/c1-5-9(4)16-11-10(12(14)15)7(2)6-8(3)13-11/h5-6,9H,1H2,2-4H3,(H,14,15). The second-order valence-corrected chi connectivity index (χ2v) is 4.99. The van der Waals surface area contributed by atoms with Gasteiger partial charge in [-0.15, -0.1) is 6.58 Å². The number of carboxylic acids is 1. The molecule has 4 heteroatoms. The Balaban J connectivity index is 3.23. The highest BCUT2D eigenvalue weighted by Crippen LogP contribution is 2.28. The van der Waals surface area contributed by atoms with Gasteiger partial charge in [0.15, 0.2) is 0 Å². The second-order valence-electron chi connectivity index (χ2n) is 3.62. The van der Waals surface area contributed by atoms with Gasteiger partial charge < -0.3 is 5.11 Å². The molecule has 0 saturated carbocycles. The van der Waals surface area contributed by atoms with Crippen LogP contribution in [-0.4, -0.2) is 21.3 Å². The maximum Gasteiger partial charge on any atom is 0.338 e. The molecule has 16 heavy (non-hydrogen) atoms. The van der Waals surface area contributed by atoms with Gasteiger partial charge in [0.2, 0.25) is 0 Å². The number of carbonyl (C=O) groups is 1. The number of aromatic carboxylic acids is 1. The molecule has 0 spiro atoms. The third-order valence-corrected chi connectivity index (χ3v) is 3.24. The van der Waals surface area contributed by atoms with Crippen LogP contribution in [0.4, 0.5) is 0 Å². The Kier molecular flexibility index (Phi) is 4.12. The van der Waals surface area contributed by atoms with Gasteiger partial charge in [0, 0.05) is 10.9 Å². The lowest BCUT2D eigenvalue weighted by Gasteiger charge is -2.11. The number of rotatable bonds is 4. The molecule has 1 aromatic rings. The molecule has 0 bridgehead atoms. The van der Waals surface area contributed by atoms with Crippen molar-refractivity contribution in [3.63, 3.8) is 0 Å². The van der Waals surface area contributed by atoms with Crippen molar-refractivity contribution >= 4 is 17.7 Å². The van der Waals surface area contributed by atoms with Gasteiger partial charge in [-0.1, -0.05) is 17.8 Å². The van der Waals surface area contributed by atoms with Crippen LogP contribution in [0.5, 0.6) is 0 Å². The number of hydrogen-bond acceptors (Lipinski definition) is 3. The summed E-state index contributed by atoms with van der Waals surface area (Å²) in [6.45, 7) is 9.30. The van der Waals surface area contributed by atoms with Gasteiger partial charge in [-0.05, 0) is 32.4 Å². The van der Waals surface area contributed by atoms with E-state index in [9.17, 15) is 4.79 Å². The molecule has 0 amide bonds. The molecular weight excluding hydrogens is 222 g/mol. The minimum absolute atomic E-state index is 0.145. The topological polar surface area (TPSA) is 50.2 Å². The summed E-state index contributed by atoms with van der Waals surface area (Å²) in [6.07, 6.45) is 1.77. The Morgan fingerprint density at radius 2 is 2.25 bits per heavy atom. The Hall–Kier alpha value is -1.29. The van der Waals surface area contributed by atoms with Crippen molar-refractivity contribution in [1.82, 2.24) is 4.98 Å². The molecule has 86 valence electrons. The molecule has 3 nitrogen and oxygen atoms in total. The van der Waals surface area contributed by atoms with Crippen LogP contribution in [0, 0.1) is 13.8 Å². The maximum absolute atomic E-state index is 11.1. The minimum Gasteiger partial charge on any atom is -0.478 e. The van der Waals surface area contributed by atoms with Crippen molar-refractivity contribution in [3.05, 3.63) is 35.5 Å². The lowest BCUT2D eigenvalue weighted by Crippen LogP contribution is -2.06. The average molecular weight is 237 g/mol. The minimum atomic E-state index is -0.927. The smallest absolute Gasteiger partial charge is 0.338 e. The molecule has 0 radical (unpaired) electrons. The number of aromatic nitrogens is 1. The van der Waals surface area contributed by atoms with Gasteiger partial charge in [-0.2, -0.15) is 0 Å². The summed E-state index contributed by atoms with van der Waals surface area (Å²) in [5, 5.41) is 9.86. The number of carboxylic acid groups (broad SMARTS) is 1. The van der Waals surface area contributed by atoms with E-state index >= 15 is 0 Å². The molecule has 0 aliphatic heterocycles. The van der Waals surface area contributed by atoms with E-state index in [1.165, 1.54) is 11.8 Å². The molecule has 0 saturated heterocycles. The Bertz CT molecular complexity index is 429. The lowest BCUT2D eigenvalue weighted by atomic mass is 10.1. The molecule has 1 aromatic heterocycles. The van der Waals surface area contributed by atoms with Gasteiger partial charge in [-0.3, -0.25) is 0 Å². The fourth-order valence-electron chi connectivity index (χ4n) is 1.37. The van der Waals surface area contributed by atoms with Crippen LogP contribution < -0.4 is 0 Å². The summed E-state index contributed by atoms with van der Waals surface area (Å²) in [7, 11) is 0. The van der Waals surface area contributed by atoms with Crippen molar-refractivity contribution in [2.75, 3.05) is 0 Å². The van der Waals surface area contributed by atoms with Crippen molar-refractivity contribution in [3.8, 4) is 0 Å². The summed E-state index contributed by atoms with van der Waals surface area (Å²) in [5.74, 6) is -0.927. The third kappa shape index (κ3) is 2.85. The van der Waals surface area contributed by atoms with Crippen molar-refractivity contribution in [1.29, 1.82) is 0 Å². The largest absolute Gasteiger partial charge is 0.478 e. The first-order chi connectivity index (χ1) is 7.45. The summed E-state index contributed by atoms with van der Waals surface area (Å²) >= 11 is 1.42. The van der Waals surface area contributed by atoms with Crippen LogP contribution in [0.3, 0.4) is 0 Å². The van der Waals surface area contributed by atoms with Crippen molar-refractivity contribution < 1.29 is 9.90 Å². The molecular formula is C12H15NO2S. The number of pyridine rings is 1. The van der Waals surface area contributed by atoms with E-state index < -0.39 is 5.97 Å². The highest BCUT2D eigenvalue weighted by atomic mass is 32.2. The Morgan fingerprint density at radius 1 is 1.62 bits per heavy atom. The van der Waals surface area contributed by atoms with Gasteiger partial charge in [0.05, 0.1) is 5.56 Å². The van der Waals surface area contributed by atoms with Gasteiger partial charge in [0.1, 0.15) is 5.03 Å². The zero-order chi connectivity index (χ0) is 12.3. The van der Waals surface area contributed by atoms with Crippen LogP contribution in [0.2, 0.25) is 0 Å². The fraction of sp³-hybridized carbons (Fsp3) is 0.333. The fourth-order valence-corrected chi connectivity index (χ4v) is 2.38. The molecule has 1 atom stereocenters. The van der Waals surface area contributed by atoms with Crippen LogP contribution in [0.1, 0.15) is 28.5 Å². The summed E-state index contributed by atoms with van der Waals surface area (Å²) in [4.78, 5) is 15.4. The van der Waals surface area contributed by atoms with Crippen molar-refractivity contribution in [2.24, 2.45) is 0 Å². The van der Waals surface area contributed by atoms with E-state index in [-0.39, 0.29) is 5.25 Å². The normalized spacial score (nSPS) is 12.2. The lowest BCUT2D eigenvalue weighted by molar-refractivity contribution is 0.0691. The van der Waals surface area contributed by atoms with Crippen LogP contribution >= 0.6 is 11.8 Å². The number of aryl methyl sites for hydroxylation is 2. The molecule has 0 aliphatic rings. The first-order valence-electron chi connectivity index (χ1n) is 4.96. The van der Waals surface area contributed by atoms with E-state index in [0.717, 1.165) is 11.3 Å². The summed E-state index contributed by atoms with van der Waals surface area (Å²) in [5.41, 5.74) is 1.88. The zero-order valence-electron chi connectivity index (χ0n) is 9.65. The molecule has 1 heterocycles. The molecule has 1 N–H and O–H groups in total. The quantitative estimate of drug-likeness (QED) is 0.646. The molecule has 1 rings (SSSR count). The van der Waals surface area contributed by atoms with E-state index in [1.54, 1.807) is 19.1 Å². The highest BCUT2D eigenvalue weighted by molar-refractivity contribution is 8.00. The van der Waals surface area contributed by atoms with Crippen molar-refractivity contribution in [2.45, 2.75) is 31.0 Å². The second kappa shape index (κ2) is 5.16. The molecule has 1 unspecified atom stereocenters. The first-order valence-corrected chi connectivity index (χ1v) is 5.84. The third-order valence-electron chi connectivity index (χ3n) is 2.15. The van der Waals surface area contributed by atoms with Gasteiger partial charge in [0.25, 0.3) is 0 Å². The monoisotopic (exact) mass is 237 g/mol. The molecule has 0 aliphatic carbocycles. The van der Waals surface area contributed by atoms with Gasteiger partial charge >= 0.3 is 5.97 Å². The molecule has 0 fully saturated rings. The number of thioether (sulfide) groups is 1. The number of hydrogen-bond donors (Lipinski definition) is 1. The van der Waals surface area contributed by atoms with Gasteiger partial charge in [-0.25, -0.2) is 9.78 Å².